The lowest BCUT2D eigenvalue weighted by atomic mass is 10.1. The van der Waals surface area contributed by atoms with Crippen molar-refractivity contribution in [2.75, 3.05) is 12.0 Å². The van der Waals surface area contributed by atoms with Gasteiger partial charge in [0.1, 0.15) is 0 Å². The molecule has 0 aliphatic carbocycles. The number of hydrogen-bond donors (Lipinski definition) is 2. The van der Waals surface area contributed by atoms with Gasteiger partial charge < -0.3 is 11.1 Å². The van der Waals surface area contributed by atoms with E-state index in [0.717, 1.165) is 6.42 Å². The van der Waals surface area contributed by atoms with Gasteiger partial charge in [-0.15, -0.1) is 0 Å². The van der Waals surface area contributed by atoms with E-state index in [4.69, 9.17) is 5.73 Å². The molecule has 0 rings (SSSR count). The summed E-state index contributed by atoms with van der Waals surface area (Å²) in [6, 6.07) is -0.510. The number of hydrogen-bond acceptors (Lipinski definition) is 3. The Balaban J connectivity index is 3.86. The second-order valence-corrected chi connectivity index (χ2v) is 5.02. The van der Waals surface area contributed by atoms with Crippen molar-refractivity contribution in [2.45, 2.75) is 38.8 Å². The van der Waals surface area contributed by atoms with Crippen LogP contribution in [0.5, 0.6) is 0 Å². The minimum Gasteiger partial charge on any atom is -0.351 e. The first-order valence-corrected chi connectivity index (χ1v) is 6.56. The van der Waals surface area contributed by atoms with E-state index in [0.29, 0.717) is 12.2 Å². The number of carbonyl (C=O) groups excluding carboxylic acids is 1. The van der Waals surface area contributed by atoms with Gasteiger partial charge in [0, 0.05) is 28.9 Å². The van der Waals surface area contributed by atoms with Crippen LogP contribution < -0.4 is 11.1 Å². The van der Waals surface area contributed by atoms with Crippen molar-refractivity contribution in [3.63, 3.8) is 0 Å². The largest absolute Gasteiger partial charge is 0.351 e. The van der Waals surface area contributed by atoms with Crippen LogP contribution in [0.3, 0.4) is 0 Å². The zero-order chi connectivity index (χ0) is 11.1. The first kappa shape index (κ1) is 13.6. The van der Waals surface area contributed by atoms with Gasteiger partial charge in [-0.3, -0.25) is 9.00 Å². The highest BCUT2D eigenvalue weighted by atomic mass is 32.2. The molecular weight excluding hydrogens is 200 g/mol. The first-order chi connectivity index (χ1) is 6.47. The Morgan fingerprint density at radius 1 is 1.57 bits per heavy atom. The lowest BCUT2D eigenvalue weighted by molar-refractivity contribution is -0.122. The summed E-state index contributed by atoms with van der Waals surface area (Å²) in [6.07, 6.45) is 3.20. The molecule has 0 aromatic carbocycles. The van der Waals surface area contributed by atoms with Crippen LogP contribution in [0.15, 0.2) is 0 Å². The van der Waals surface area contributed by atoms with Crippen molar-refractivity contribution in [3.8, 4) is 0 Å². The standard InChI is InChI=1S/C9H20N2O2S/c1-4-5-8(10)9(12)11-7(2)6-14(3)13/h7-8H,4-6,10H2,1-3H3,(H,11,12)/t7?,8-,14?/m0/s1. The summed E-state index contributed by atoms with van der Waals surface area (Å²) in [5, 5.41) is 2.74. The molecule has 0 radical (unpaired) electrons. The van der Waals surface area contributed by atoms with Crippen LogP contribution in [-0.4, -0.2) is 34.2 Å². The predicted molar refractivity (Wildman–Crippen MR) is 59.4 cm³/mol. The Labute approximate surface area is 88.1 Å². The Morgan fingerprint density at radius 3 is 2.57 bits per heavy atom. The zero-order valence-electron chi connectivity index (χ0n) is 9.08. The molecule has 0 aromatic heterocycles. The van der Waals surface area contributed by atoms with Crippen molar-refractivity contribution < 1.29 is 9.00 Å². The fourth-order valence-electron chi connectivity index (χ4n) is 1.19. The van der Waals surface area contributed by atoms with Crippen molar-refractivity contribution in [3.05, 3.63) is 0 Å². The van der Waals surface area contributed by atoms with Crippen molar-refractivity contribution in [1.82, 2.24) is 5.32 Å². The van der Waals surface area contributed by atoms with Gasteiger partial charge >= 0.3 is 0 Å². The number of carbonyl (C=O) groups is 1. The maximum atomic E-state index is 11.4. The molecule has 1 amide bonds. The molecule has 84 valence electrons. The van der Waals surface area contributed by atoms with Gasteiger partial charge in [0.2, 0.25) is 5.91 Å². The summed E-state index contributed by atoms with van der Waals surface area (Å²) in [6.45, 7) is 3.82. The number of nitrogens with one attached hydrogen (secondary N) is 1. The van der Waals surface area contributed by atoms with Crippen LogP contribution in [-0.2, 0) is 15.6 Å². The Hall–Kier alpha value is -0.420. The van der Waals surface area contributed by atoms with Crippen molar-refractivity contribution >= 4 is 16.7 Å². The summed E-state index contributed by atoms with van der Waals surface area (Å²) in [5.74, 6) is 0.328. The average Bonchev–Trinajstić information content (AvgIpc) is 2.02. The molecule has 3 N–H and O–H groups in total. The Morgan fingerprint density at radius 2 is 2.14 bits per heavy atom. The Kier molecular flexibility index (Phi) is 6.74. The number of rotatable bonds is 6. The van der Waals surface area contributed by atoms with E-state index < -0.39 is 16.8 Å². The van der Waals surface area contributed by atoms with Gasteiger partial charge in [0.15, 0.2) is 0 Å². The smallest absolute Gasteiger partial charge is 0.237 e. The molecule has 5 heteroatoms. The molecular formula is C9H20N2O2S. The molecule has 0 aliphatic heterocycles. The monoisotopic (exact) mass is 220 g/mol. The van der Waals surface area contributed by atoms with Crippen molar-refractivity contribution in [2.24, 2.45) is 5.73 Å². The Bertz CT molecular complexity index is 209. The van der Waals surface area contributed by atoms with Crippen LogP contribution in [0.4, 0.5) is 0 Å². The maximum absolute atomic E-state index is 11.4. The van der Waals surface area contributed by atoms with E-state index >= 15 is 0 Å². The quantitative estimate of drug-likeness (QED) is 0.661. The second kappa shape index (κ2) is 6.95. The van der Waals surface area contributed by atoms with Crippen LogP contribution >= 0.6 is 0 Å². The highest BCUT2D eigenvalue weighted by Gasteiger charge is 2.14. The van der Waals surface area contributed by atoms with E-state index in [1.165, 1.54) is 0 Å². The van der Waals surface area contributed by atoms with E-state index in [2.05, 4.69) is 5.32 Å². The van der Waals surface area contributed by atoms with E-state index in [9.17, 15) is 9.00 Å². The van der Waals surface area contributed by atoms with Crippen LogP contribution in [0.25, 0.3) is 0 Å². The highest BCUT2D eigenvalue weighted by Crippen LogP contribution is 1.94. The van der Waals surface area contributed by atoms with Gasteiger partial charge in [-0.25, -0.2) is 0 Å². The van der Waals surface area contributed by atoms with Gasteiger partial charge in [-0.05, 0) is 13.3 Å². The fraction of sp³-hybridized carbons (Fsp3) is 0.889. The molecule has 0 aliphatic rings. The summed E-state index contributed by atoms with van der Waals surface area (Å²) in [4.78, 5) is 11.4. The zero-order valence-corrected chi connectivity index (χ0v) is 9.89. The third-order valence-corrected chi connectivity index (χ3v) is 2.78. The van der Waals surface area contributed by atoms with E-state index in [1.807, 2.05) is 13.8 Å². The molecule has 0 spiro atoms. The molecule has 0 heterocycles. The van der Waals surface area contributed by atoms with E-state index in [-0.39, 0.29) is 11.9 Å². The topological polar surface area (TPSA) is 72.2 Å². The summed E-state index contributed by atoms with van der Waals surface area (Å²) >= 11 is 0. The first-order valence-electron chi connectivity index (χ1n) is 4.83. The van der Waals surface area contributed by atoms with Crippen LogP contribution in [0, 0.1) is 0 Å². The summed E-state index contributed by atoms with van der Waals surface area (Å²) in [7, 11) is -0.885. The number of nitrogens with two attached hydrogens (primary N) is 1. The minimum atomic E-state index is -0.885. The summed E-state index contributed by atoms with van der Waals surface area (Å²) in [5.41, 5.74) is 5.62. The minimum absolute atomic E-state index is 0.0729. The third kappa shape index (κ3) is 6.10. The normalized spacial score (nSPS) is 17.1. The SMILES string of the molecule is CCC[C@H](N)C(=O)NC(C)CS(C)=O. The predicted octanol–water partition coefficient (Wildman–Crippen LogP) is -0.00300. The van der Waals surface area contributed by atoms with Gasteiger partial charge in [-0.2, -0.15) is 0 Å². The van der Waals surface area contributed by atoms with Gasteiger partial charge in [0.25, 0.3) is 0 Å². The molecule has 0 aromatic rings. The van der Waals surface area contributed by atoms with Crippen molar-refractivity contribution in [1.29, 1.82) is 0 Å². The van der Waals surface area contributed by atoms with Crippen LogP contribution in [0.1, 0.15) is 26.7 Å². The highest BCUT2D eigenvalue weighted by molar-refractivity contribution is 7.84. The molecule has 0 fully saturated rings. The molecule has 3 atom stereocenters. The van der Waals surface area contributed by atoms with Crippen LogP contribution in [0.2, 0.25) is 0 Å². The van der Waals surface area contributed by atoms with E-state index in [1.54, 1.807) is 6.26 Å². The second-order valence-electron chi connectivity index (χ2n) is 3.54. The lowest BCUT2D eigenvalue weighted by Gasteiger charge is -2.16. The number of amides is 1. The molecule has 0 saturated heterocycles. The third-order valence-electron chi connectivity index (χ3n) is 1.81. The molecule has 14 heavy (non-hydrogen) atoms. The molecule has 0 bridgehead atoms. The molecule has 0 saturated carbocycles. The summed E-state index contributed by atoms with van der Waals surface area (Å²) < 4.78 is 10.9. The lowest BCUT2D eigenvalue weighted by Crippen LogP contribution is -2.45. The maximum Gasteiger partial charge on any atom is 0.237 e. The molecule has 4 nitrogen and oxygen atoms in total. The molecule has 2 unspecified atom stereocenters. The van der Waals surface area contributed by atoms with Gasteiger partial charge in [0.05, 0.1) is 6.04 Å². The average molecular weight is 220 g/mol. The van der Waals surface area contributed by atoms with Gasteiger partial charge in [-0.1, -0.05) is 13.3 Å². The fourth-order valence-corrected chi connectivity index (χ4v) is 1.97.